The first kappa shape index (κ1) is 15.9. The van der Waals surface area contributed by atoms with Crippen molar-refractivity contribution in [1.82, 2.24) is 0 Å². The van der Waals surface area contributed by atoms with Crippen molar-refractivity contribution in [1.29, 1.82) is 0 Å². The molecule has 1 fully saturated rings. The summed E-state index contributed by atoms with van der Waals surface area (Å²) in [5.74, 6) is 0. The van der Waals surface area contributed by atoms with Gasteiger partial charge in [-0.1, -0.05) is 46.9 Å². The zero-order valence-electron chi connectivity index (χ0n) is 12.0. The van der Waals surface area contributed by atoms with Crippen molar-refractivity contribution < 1.29 is 0 Å². The molecular formula is C17H17Cl3N2. The van der Waals surface area contributed by atoms with Gasteiger partial charge in [-0.05, 0) is 48.7 Å². The van der Waals surface area contributed by atoms with Crippen LogP contribution in [0, 0.1) is 0 Å². The SMILES string of the molecule is N[C@H]1CCN(c2ccc(Cl)cc2Cl)[C@@H](c2ccc(Cl)cc2)C1. The average Bonchev–Trinajstić information content (AvgIpc) is 2.49. The summed E-state index contributed by atoms with van der Waals surface area (Å²) in [6.45, 7) is 0.871. The predicted octanol–water partition coefficient (Wildman–Crippen LogP) is 5.32. The summed E-state index contributed by atoms with van der Waals surface area (Å²) in [6.07, 6.45) is 1.84. The summed E-state index contributed by atoms with van der Waals surface area (Å²) < 4.78 is 0. The van der Waals surface area contributed by atoms with Crippen molar-refractivity contribution in [3.63, 3.8) is 0 Å². The summed E-state index contributed by atoms with van der Waals surface area (Å²) in [5, 5.41) is 2.05. The summed E-state index contributed by atoms with van der Waals surface area (Å²) in [6, 6.07) is 14.0. The maximum atomic E-state index is 6.40. The Bertz CT molecular complexity index is 657. The lowest BCUT2D eigenvalue weighted by atomic mass is 9.91. The highest BCUT2D eigenvalue weighted by Gasteiger charge is 2.29. The van der Waals surface area contributed by atoms with Crippen LogP contribution in [-0.4, -0.2) is 12.6 Å². The van der Waals surface area contributed by atoms with E-state index < -0.39 is 0 Å². The molecule has 0 amide bonds. The van der Waals surface area contributed by atoms with Crippen molar-refractivity contribution in [2.24, 2.45) is 5.73 Å². The van der Waals surface area contributed by atoms with Crippen LogP contribution in [0.25, 0.3) is 0 Å². The monoisotopic (exact) mass is 354 g/mol. The van der Waals surface area contributed by atoms with Crippen molar-refractivity contribution >= 4 is 40.5 Å². The average molecular weight is 356 g/mol. The molecule has 2 aromatic rings. The number of halogens is 3. The first-order valence-electron chi connectivity index (χ1n) is 7.27. The highest BCUT2D eigenvalue weighted by atomic mass is 35.5. The topological polar surface area (TPSA) is 29.3 Å². The zero-order chi connectivity index (χ0) is 15.7. The van der Waals surface area contributed by atoms with Gasteiger partial charge in [-0.15, -0.1) is 0 Å². The van der Waals surface area contributed by atoms with Crippen LogP contribution in [0.3, 0.4) is 0 Å². The Balaban J connectivity index is 1.98. The van der Waals surface area contributed by atoms with Crippen LogP contribution >= 0.6 is 34.8 Å². The normalized spacial score (nSPS) is 21.9. The minimum Gasteiger partial charge on any atom is -0.363 e. The Labute approximate surface area is 145 Å². The second kappa shape index (κ2) is 6.67. The standard InChI is InChI=1S/C17H17Cl3N2/c18-12-3-1-11(2-4-12)17-10-14(21)7-8-22(17)16-6-5-13(19)9-15(16)20/h1-6,9,14,17H,7-8,10,21H2/t14-,17+/m0/s1. The third-order valence-electron chi connectivity index (χ3n) is 4.12. The number of anilines is 1. The molecule has 1 aliphatic heterocycles. The van der Waals surface area contributed by atoms with Gasteiger partial charge in [-0.3, -0.25) is 0 Å². The molecule has 0 bridgehead atoms. The first-order valence-corrected chi connectivity index (χ1v) is 8.41. The molecule has 3 rings (SSSR count). The van der Waals surface area contributed by atoms with E-state index in [-0.39, 0.29) is 12.1 Å². The minimum absolute atomic E-state index is 0.194. The number of benzene rings is 2. The summed E-state index contributed by atoms with van der Waals surface area (Å²) >= 11 is 18.4. The van der Waals surface area contributed by atoms with Gasteiger partial charge in [-0.25, -0.2) is 0 Å². The zero-order valence-corrected chi connectivity index (χ0v) is 14.2. The number of hydrogen-bond acceptors (Lipinski definition) is 2. The Morgan fingerprint density at radius 2 is 1.64 bits per heavy atom. The van der Waals surface area contributed by atoms with Crippen LogP contribution in [-0.2, 0) is 0 Å². The molecule has 2 atom stereocenters. The van der Waals surface area contributed by atoms with Gasteiger partial charge >= 0.3 is 0 Å². The Morgan fingerprint density at radius 3 is 2.32 bits per heavy atom. The smallest absolute Gasteiger partial charge is 0.0654 e. The van der Waals surface area contributed by atoms with E-state index >= 15 is 0 Å². The molecule has 2 N–H and O–H groups in total. The van der Waals surface area contributed by atoms with Crippen molar-refractivity contribution in [3.05, 3.63) is 63.1 Å². The largest absolute Gasteiger partial charge is 0.363 e. The molecule has 0 saturated carbocycles. The highest BCUT2D eigenvalue weighted by Crippen LogP contribution is 2.39. The molecule has 2 nitrogen and oxygen atoms in total. The maximum Gasteiger partial charge on any atom is 0.0654 e. The lowest BCUT2D eigenvalue weighted by Crippen LogP contribution is -2.42. The molecule has 0 spiro atoms. The predicted molar refractivity (Wildman–Crippen MR) is 95.2 cm³/mol. The van der Waals surface area contributed by atoms with E-state index in [4.69, 9.17) is 40.5 Å². The number of piperidine rings is 1. The first-order chi connectivity index (χ1) is 10.5. The molecule has 0 aliphatic carbocycles. The number of nitrogens with zero attached hydrogens (tertiary/aromatic N) is 1. The van der Waals surface area contributed by atoms with Crippen LogP contribution in [0.5, 0.6) is 0 Å². The third kappa shape index (κ3) is 3.36. The summed E-state index contributed by atoms with van der Waals surface area (Å²) in [4.78, 5) is 2.31. The molecule has 22 heavy (non-hydrogen) atoms. The molecule has 1 aliphatic rings. The molecule has 0 aromatic heterocycles. The van der Waals surface area contributed by atoms with Gasteiger partial charge in [0.05, 0.1) is 16.8 Å². The highest BCUT2D eigenvalue weighted by molar-refractivity contribution is 6.36. The van der Waals surface area contributed by atoms with Gasteiger partial charge in [0.2, 0.25) is 0 Å². The van der Waals surface area contributed by atoms with E-state index in [1.807, 2.05) is 24.3 Å². The summed E-state index contributed by atoms with van der Waals surface area (Å²) in [5.41, 5.74) is 8.39. The van der Waals surface area contributed by atoms with E-state index in [9.17, 15) is 0 Å². The second-order valence-corrected chi connectivity index (χ2v) is 6.92. The molecule has 116 valence electrons. The van der Waals surface area contributed by atoms with Crippen LogP contribution in [0.1, 0.15) is 24.4 Å². The Hall–Kier alpha value is -0.930. The quantitative estimate of drug-likeness (QED) is 0.790. The Kier molecular flexibility index (Phi) is 4.84. The molecular weight excluding hydrogens is 339 g/mol. The third-order valence-corrected chi connectivity index (χ3v) is 4.91. The molecule has 2 aromatic carbocycles. The fourth-order valence-electron chi connectivity index (χ4n) is 3.00. The molecule has 5 heteroatoms. The maximum absolute atomic E-state index is 6.40. The van der Waals surface area contributed by atoms with Gasteiger partial charge < -0.3 is 10.6 Å². The summed E-state index contributed by atoms with van der Waals surface area (Å²) in [7, 11) is 0. The van der Waals surface area contributed by atoms with Crippen LogP contribution in [0.2, 0.25) is 15.1 Å². The molecule has 1 saturated heterocycles. The van der Waals surface area contributed by atoms with E-state index in [0.717, 1.165) is 30.1 Å². The van der Waals surface area contributed by atoms with E-state index in [1.165, 1.54) is 5.56 Å². The van der Waals surface area contributed by atoms with E-state index in [0.29, 0.717) is 10.0 Å². The van der Waals surface area contributed by atoms with E-state index in [1.54, 1.807) is 6.07 Å². The van der Waals surface area contributed by atoms with Crippen molar-refractivity contribution in [2.45, 2.75) is 24.9 Å². The molecule has 0 unspecified atom stereocenters. The molecule has 1 heterocycles. The van der Waals surface area contributed by atoms with Gasteiger partial charge in [0, 0.05) is 22.6 Å². The van der Waals surface area contributed by atoms with Gasteiger partial charge in [-0.2, -0.15) is 0 Å². The second-order valence-electron chi connectivity index (χ2n) is 5.64. The fraction of sp³-hybridized carbons (Fsp3) is 0.294. The fourth-order valence-corrected chi connectivity index (χ4v) is 3.64. The van der Waals surface area contributed by atoms with Crippen LogP contribution < -0.4 is 10.6 Å². The van der Waals surface area contributed by atoms with Crippen molar-refractivity contribution in [3.8, 4) is 0 Å². The molecule has 0 radical (unpaired) electrons. The lowest BCUT2D eigenvalue weighted by Gasteiger charge is -2.40. The number of nitrogens with two attached hydrogens (primary N) is 1. The Morgan fingerprint density at radius 1 is 0.955 bits per heavy atom. The van der Waals surface area contributed by atoms with E-state index in [2.05, 4.69) is 17.0 Å². The van der Waals surface area contributed by atoms with Crippen LogP contribution in [0.15, 0.2) is 42.5 Å². The van der Waals surface area contributed by atoms with Crippen LogP contribution in [0.4, 0.5) is 5.69 Å². The van der Waals surface area contributed by atoms with Gasteiger partial charge in [0.15, 0.2) is 0 Å². The number of hydrogen-bond donors (Lipinski definition) is 1. The lowest BCUT2D eigenvalue weighted by molar-refractivity contribution is 0.420. The van der Waals surface area contributed by atoms with Gasteiger partial charge in [0.1, 0.15) is 0 Å². The van der Waals surface area contributed by atoms with Crippen molar-refractivity contribution in [2.75, 3.05) is 11.4 Å². The minimum atomic E-state index is 0.194. The van der Waals surface area contributed by atoms with Gasteiger partial charge in [0.25, 0.3) is 0 Å². The number of rotatable bonds is 2.